The molecule has 29 heavy (non-hydrogen) atoms. The van der Waals surface area contributed by atoms with Gasteiger partial charge in [0.2, 0.25) is 10.9 Å². The number of carbonyl (C=O) groups excluding carboxylic acids is 1. The van der Waals surface area contributed by atoms with Crippen LogP contribution in [0.1, 0.15) is 35.0 Å². The minimum atomic E-state index is -4.89. The molecule has 0 unspecified atom stereocenters. The molecule has 0 aliphatic rings. The molecule has 2 heterocycles. The highest BCUT2D eigenvalue weighted by atomic mass is 32.1. The lowest BCUT2D eigenvalue weighted by atomic mass is 10.1. The Morgan fingerprint density at radius 1 is 1.38 bits per heavy atom. The molecule has 0 radical (unpaired) electrons. The first-order chi connectivity index (χ1) is 13.8. The Morgan fingerprint density at radius 3 is 2.86 bits per heavy atom. The molecule has 0 fully saturated rings. The van der Waals surface area contributed by atoms with Crippen LogP contribution < -0.4 is 10.1 Å². The Morgan fingerprint density at radius 2 is 2.17 bits per heavy atom. The summed E-state index contributed by atoms with van der Waals surface area (Å²) in [6, 6.07) is 8.74. The van der Waals surface area contributed by atoms with Crippen molar-refractivity contribution >= 4 is 22.6 Å². The Bertz CT molecular complexity index is 1070. The molecule has 0 aliphatic heterocycles. The normalized spacial score (nSPS) is 11.1. The monoisotopic (exact) mass is 422 g/mol. The third-order valence-corrected chi connectivity index (χ3v) is 4.19. The van der Waals surface area contributed by atoms with E-state index in [1.807, 2.05) is 13.0 Å². The van der Waals surface area contributed by atoms with Gasteiger partial charge in [0.05, 0.1) is 23.8 Å². The Balaban J connectivity index is 1.91. The van der Waals surface area contributed by atoms with Crippen LogP contribution in [0.2, 0.25) is 0 Å². The van der Waals surface area contributed by atoms with E-state index in [4.69, 9.17) is 14.4 Å². The number of ether oxygens (including phenoxy) is 1. The minimum Gasteiger partial charge on any atom is -0.463 e. The van der Waals surface area contributed by atoms with Gasteiger partial charge in [0.15, 0.2) is 0 Å². The van der Waals surface area contributed by atoms with Crippen LogP contribution in [-0.4, -0.2) is 21.9 Å². The van der Waals surface area contributed by atoms with E-state index in [9.17, 15) is 18.0 Å². The summed E-state index contributed by atoms with van der Waals surface area (Å²) in [4.78, 5) is 16.3. The smallest absolute Gasteiger partial charge is 0.450 e. The number of rotatable bonds is 6. The maximum atomic E-state index is 13.4. The number of alkyl halides is 3. The predicted octanol–water partition coefficient (Wildman–Crippen LogP) is 4.73. The summed E-state index contributed by atoms with van der Waals surface area (Å²) in [5.41, 5.74) is -0.229. The fraction of sp³-hybridized carbons (Fsp3) is 0.222. The number of hydrogen-bond acceptors (Lipinski definition) is 7. The number of furan rings is 1. The molecule has 7 nitrogen and oxygen atoms in total. The van der Waals surface area contributed by atoms with Crippen molar-refractivity contribution in [3.8, 4) is 23.4 Å². The molecule has 1 N–H and O–H groups in total. The molecule has 1 amide bonds. The van der Waals surface area contributed by atoms with Crippen LogP contribution in [0.3, 0.4) is 0 Å². The lowest BCUT2D eigenvalue weighted by Crippen LogP contribution is -2.16. The van der Waals surface area contributed by atoms with Gasteiger partial charge in [-0.15, -0.1) is 4.37 Å². The van der Waals surface area contributed by atoms with Crippen LogP contribution >= 0.6 is 11.5 Å². The largest absolute Gasteiger partial charge is 0.463 e. The summed E-state index contributed by atoms with van der Waals surface area (Å²) in [5, 5.41) is 11.2. The molecule has 150 valence electrons. The first-order valence-corrected chi connectivity index (χ1v) is 9.08. The van der Waals surface area contributed by atoms with Gasteiger partial charge in [0, 0.05) is 17.1 Å². The van der Waals surface area contributed by atoms with Crippen LogP contribution in [0.25, 0.3) is 11.3 Å². The van der Waals surface area contributed by atoms with Crippen molar-refractivity contribution in [2.24, 2.45) is 0 Å². The van der Waals surface area contributed by atoms with Gasteiger partial charge in [-0.3, -0.25) is 10.1 Å². The zero-order valence-corrected chi connectivity index (χ0v) is 15.7. The molecule has 1 aromatic carbocycles. The lowest BCUT2D eigenvalue weighted by molar-refractivity contribution is -0.153. The summed E-state index contributed by atoms with van der Waals surface area (Å²) in [6.07, 6.45) is -4.17. The molecule has 0 bridgehead atoms. The van der Waals surface area contributed by atoms with E-state index in [-0.39, 0.29) is 28.0 Å². The number of anilines is 1. The number of nitrogens with zero attached hydrogens (tertiary/aromatic N) is 3. The van der Waals surface area contributed by atoms with Crippen LogP contribution in [0, 0.1) is 11.3 Å². The van der Waals surface area contributed by atoms with Crippen molar-refractivity contribution in [2.45, 2.75) is 19.5 Å². The average Bonchev–Trinajstić information content (AvgIpc) is 3.33. The standard InChI is InChI=1S/C18H13F3N4O3S/c1-2-6-27-16-24-17(29-25-16)23-15(26)12-8-13(28-14(12)18(19,20)21)11-5-3-4-10(7-11)9-22/h3-5,7-8H,2,6H2,1H3,(H,23,24,25,26). The minimum absolute atomic E-state index is 0.0107. The van der Waals surface area contributed by atoms with Crippen molar-refractivity contribution < 1.29 is 27.1 Å². The first-order valence-electron chi connectivity index (χ1n) is 8.31. The Hall–Kier alpha value is -3.39. The number of carbonyl (C=O) groups is 1. The molecular formula is C18H13F3N4O3S. The van der Waals surface area contributed by atoms with Gasteiger partial charge in [0.25, 0.3) is 5.91 Å². The topological polar surface area (TPSA) is 101 Å². The van der Waals surface area contributed by atoms with Gasteiger partial charge in [-0.2, -0.15) is 23.4 Å². The fourth-order valence-electron chi connectivity index (χ4n) is 2.33. The van der Waals surface area contributed by atoms with Crippen molar-refractivity contribution in [2.75, 3.05) is 11.9 Å². The van der Waals surface area contributed by atoms with E-state index in [1.165, 1.54) is 24.3 Å². The van der Waals surface area contributed by atoms with Gasteiger partial charge in [0.1, 0.15) is 5.76 Å². The van der Waals surface area contributed by atoms with Crippen LogP contribution in [0.5, 0.6) is 6.01 Å². The number of hydrogen-bond donors (Lipinski definition) is 1. The molecular weight excluding hydrogens is 409 g/mol. The third-order valence-electron chi connectivity index (χ3n) is 3.57. The SMILES string of the molecule is CCCOc1nsc(NC(=O)c2cc(-c3cccc(C#N)c3)oc2C(F)(F)F)n1. The summed E-state index contributed by atoms with van der Waals surface area (Å²) in [5.74, 6) is -2.69. The van der Waals surface area contributed by atoms with Crippen molar-refractivity contribution in [3.63, 3.8) is 0 Å². The maximum absolute atomic E-state index is 13.4. The molecule has 3 aromatic rings. The number of nitrogens with one attached hydrogen (secondary N) is 1. The van der Waals surface area contributed by atoms with Crippen LogP contribution in [0.15, 0.2) is 34.7 Å². The molecule has 11 heteroatoms. The molecule has 3 rings (SSSR count). The zero-order valence-electron chi connectivity index (χ0n) is 14.9. The summed E-state index contributed by atoms with van der Waals surface area (Å²) >= 11 is 0.778. The zero-order chi connectivity index (χ0) is 21.0. The van der Waals surface area contributed by atoms with Crippen LogP contribution in [0.4, 0.5) is 18.3 Å². The van der Waals surface area contributed by atoms with E-state index in [2.05, 4.69) is 14.7 Å². The van der Waals surface area contributed by atoms with E-state index in [0.717, 1.165) is 24.0 Å². The van der Waals surface area contributed by atoms with Crippen molar-refractivity contribution in [3.05, 3.63) is 47.2 Å². The summed E-state index contributed by atoms with van der Waals surface area (Å²) in [6.45, 7) is 2.26. The fourth-order valence-corrected chi connectivity index (χ4v) is 2.85. The number of nitriles is 1. The van der Waals surface area contributed by atoms with Crippen molar-refractivity contribution in [1.29, 1.82) is 5.26 Å². The number of halogens is 3. The first kappa shape index (κ1) is 20.3. The highest BCUT2D eigenvalue weighted by Crippen LogP contribution is 2.37. The highest BCUT2D eigenvalue weighted by molar-refractivity contribution is 7.10. The van der Waals surface area contributed by atoms with E-state index in [0.29, 0.717) is 6.61 Å². The van der Waals surface area contributed by atoms with Gasteiger partial charge >= 0.3 is 12.2 Å². The van der Waals surface area contributed by atoms with Gasteiger partial charge in [-0.1, -0.05) is 19.1 Å². The predicted molar refractivity (Wildman–Crippen MR) is 97.5 cm³/mol. The van der Waals surface area contributed by atoms with Gasteiger partial charge < -0.3 is 9.15 Å². The van der Waals surface area contributed by atoms with Gasteiger partial charge in [-0.25, -0.2) is 0 Å². The molecule has 0 atom stereocenters. The molecule has 0 aliphatic carbocycles. The number of aromatic nitrogens is 2. The van der Waals surface area contributed by atoms with Crippen LogP contribution in [-0.2, 0) is 6.18 Å². The highest BCUT2D eigenvalue weighted by Gasteiger charge is 2.40. The Kier molecular flexibility index (Phi) is 5.84. The molecule has 0 saturated carbocycles. The molecule has 2 aromatic heterocycles. The second kappa shape index (κ2) is 8.32. The number of amides is 1. The lowest BCUT2D eigenvalue weighted by Gasteiger charge is -2.05. The summed E-state index contributed by atoms with van der Waals surface area (Å²) < 4.78 is 54.2. The van der Waals surface area contributed by atoms with Crippen molar-refractivity contribution in [1.82, 2.24) is 9.36 Å². The average molecular weight is 422 g/mol. The van der Waals surface area contributed by atoms with Gasteiger partial charge in [-0.05, 0) is 24.6 Å². The maximum Gasteiger partial charge on any atom is 0.450 e. The van der Waals surface area contributed by atoms with E-state index >= 15 is 0 Å². The number of benzene rings is 1. The van der Waals surface area contributed by atoms with E-state index < -0.39 is 23.4 Å². The second-order valence-corrected chi connectivity index (χ2v) is 6.48. The molecule has 0 spiro atoms. The van der Waals surface area contributed by atoms with E-state index in [1.54, 1.807) is 0 Å². The third kappa shape index (κ3) is 4.72. The molecule has 0 saturated heterocycles. The second-order valence-electron chi connectivity index (χ2n) is 5.73. The summed E-state index contributed by atoms with van der Waals surface area (Å²) in [7, 11) is 0. The Labute approximate surface area is 166 Å². The quantitative estimate of drug-likeness (QED) is 0.616.